The Morgan fingerprint density at radius 3 is 2.38 bits per heavy atom. The van der Waals surface area contributed by atoms with Crippen molar-refractivity contribution in [1.29, 1.82) is 0 Å². The monoisotopic (exact) mass is 370 g/mol. The van der Waals surface area contributed by atoms with Crippen molar-refractivity contribution in [3.63, 3.8) is 0 Å². The highest BCUT2D eigenvalue weighted by atomic mass is 32.1. The molecule has 0 unspecified atom stereocenters. The Kier molecular flexibility index (Phi) is 5.99. The van der Waals surface area contributed by atoms with E-state index < -0.39 is 0 Å². The second kappa shape index (κ2) is 8.60. The van der Waals surface area contributed by atoms with Crippen LogP contribution in [0.4, 0.5) is 4.39 Å². The molecule has 3 aromatic rings. The molecule has 0 aliphatic rings. The van der Waals surface area contributed by atoms with Crippen LogP contribution in [-0.2, 0) is 0 Å². The topological polar surface area (TPSA) is 57.4 Å². The van der Waals surface area contributed by atoms with E-state index in [1.54, 1.807) is 30.6 Å². The highest BCUT2D eigenvalue weighted by molar-refractivity contribution is 7.13. The maximum atomic E-state index is 13.3. The Morgan fingerprint density at radius 2 is 1.73 bits per heavy atom. The van der Waals surface area contributed by atoms with Crippen LogP contribution in [0.15, 0.2) is 65.8 Å². The van der Waals surface area contributed by atoms with Crippen LogP contribution in [0.5, 0.6) is 11.5 Å². The second-order valence-corrected chi connectivity index (χ2v) is 6.32. The molecule has 0 amide bonds. The van der Waals surface area contributed by atoms with Gasteiger partial charge in [0.15, 0.2) is 0 Å². The zero-order valence-corrected chi connectivity index (χ0v) is 15.1. The van der Waals surface area contributed by atoms with Gasteiger partial charge in [-0.2, -0.15) is 0 Å². The summed E-state index contributed by atoms with van der Waals surface area (Å²) in [6.45, 7) is 0.0458. The van der Waals surface area contributed by atoms with Crippen molar-refractivity contribution in [2.45, 2.75) is 0 Å². The average Bonchev–Trinajstić information content (AvgIpc) is 3.17. The summed E-state index contributed by atoms with van der Waals surface area (Å²) in [5, 5.41) is 2.94. The first-order valence-corrected chi connectivity index (χ1v) is 8.95. The number of hydrogen-bond donors (Lipinski definition) is 1. The third kappa shape index (κ3) is 4.47. The van der Waals surface area contributed by atoms with Gasteiger partial charge in [0.25, 0.3) is 0 Å². The number of nitrogens with two attached hydrogens (primary N) is 1. The molecule has 0 aliphatic carbocycles. The first kappa shape index (κ1) is 18.1. The molecule has 0 fully saturated rings. The first-order chi connectivity index (χ1) is 12.7. The maximum Gasteiger partial charge on any atom is 0.139 e. The minimum Gasteiger partial charge on any atom is -0.497 e. The summed E-state index contributed by atoms with van der Waals surface area (Å²) in [6.07, 6.45) is 1.30. The summed E-state index contributed by atoms with van der Waals surface area (Å²) < 4.78 is 23.8. The summed E-state index contributed by atoms with van der Waals surface area (Å²) in [4.78, 5) is 4.69. The number of benzene rings is 2. The lowest BCUT2D eigenvalue weighted by atomic mass is 10.1. The number of ether oxygens (including phenoxy) is 2. The van der Waals surface area contributed by atoms with Crippen molar-refractivity contribution in [2.24, 2.45) is 5.73 Å². The van der Waals surface area contributed by atoms with E-state index in [0.29, 0.717) is 5.75 Å². The van der Waals surface area contributed by atoms with E-state index in [1.807, 2.05) is 41.8 Å². The van der Waals surface area contributed by atoms with E-state index in [9.17, 15) is 4.39 Å². The van der Waals surface area contributed by atoms with Crippen LogP contribution in [-0.4, -0.2) is 25.2 Å². The Hall–Kier alpha value is -2.70. The number of rotatable bonds is 7. The molecule has 0 radical (unpaired) electrons. The second-order valence-electron chi connectivity index (χ2n) is 5.47. The van der Waals surface area contributed by atoms with Crippen LogP contribution in [0.25, 0.3) is 21.8 Å². The molecule has 0 saturated carbocycles. The largest absolute Gasteiger partial charge is 0.497 e. The molecule has 0 atom stereocenters. The molecule has 0 saturated heterocycles. The van der Waals surface area contributed by atoms with Crippen LogP contribution >= 0.6 is 11.3 Å². The van der Waals surface area contributed by atoms with E-state index >= 15 is 0 Å². The number of methoxy groups -OCH3 is 1. The van der Waals surface area contributed by atoms with E-state index in [2.05, 4.69) is 4.98 Å². The Morgan fingerprint density at radius 1 is 1.08 bits per heavy atom. The van der Waals surface area contributed by atoms with Gasteiger partial charge in [-0.3, -0.25) is 0 Å². The van der Waals surface area contributed by atoms with Gasteiger partial charge in [-0.15, -0.1) is 11.3 Å². The summed E-state index contributed by atoms with van der Waals surface area (Å²) in [6, 6.07) is 15.2. The average molecular weight is 370 g/mol. The Labute approximate surface area is 155 Å². The minimum atomic E-state index is -0.374. The fraction of sp³-hybridized carbons (Fsp3) is 0.150. The van der Waals surface area contributed by atoms with Gasteiger partial charge < -0.3 is 15.2 Å². The number of halogens is 1. The Bertz CT molecular complexity index is 874. The van der Waals surface area contributed by atoms with Crippen molar-refractivity contribution in [2.75, 3.05) is 20.3 Å². The van der Waals surface area contributed by atoms with E-state index in [-0.39, 0.29) is 19.0 Å². The van der Waals surface area contributed by atoms with Gasteiger partial charge in [-0.25, -0.2) is 9.37 Å². The van der Waals surface area contributed by atoms with Crippen LogP contribution in [0.1, 0.15) is 0 Å². The van der Waals surface area contributed by atoms with Crippen molar-refractivity contribution in [3.05, 3.63) is 65.8 Å². The number of nitrogens with zero attached hydrogens (tertiary/aromatic N) is 1. The molecule has 2 N–H and O–H groups in total. The van der Waals surface area contributed by atoms with E-state index in [1.165, 1.54) is 6.08 Å². The van der Waals surface area contributed by atoms with Gasteiger partial charge >= 0.3 is 0 Å². The number of thiazole rings is 1. The highest BCUT2D eigenvalue weighted by Crippen LogP contribution is 2.30. The molecule has 4 nitrogen and oxygen atoms in total. The summed E-state index contributed by atoms with van der Waals surface area (Å²) in [5.41, 5.74) is 8.20. The molecule has 0 aliphatic heterocycles. The van der Waals surface area contributed by atoms with Gasteiger partial charge in [-0.1, -0.05) is 0 Å². The summed E-state index contributed by atoms with van der Waals surface area (Å²) in [5.74, 6) is 1.04. The fourth-order valence-corrected chi connectivity index (χ4v) is 3.17. The third-order valence-electron chi connectivity index (χ3n) is 3.71. The molecule has 0 bridgehead atoms. The smallest absolute Gasteiger partial charge is 0.139 e. The lowest BCUT2D eigenvalue weighted by Gasteiger charge is -2.05. The van der Waals surface area contributed by atoms with Crippen molar-refractivity contribution < 1.29 is 13.9 Å². The minimum absolute atomic E-state index is 0.116. The van der Waals surface area contributed by atoms with Crippen LogP contribution < -0.4 is 15.2 Å². The molecular formula is C20H19FN2O2S. The molecule has 134 valence electrons. The van der Waals surface area contributed by atoms with Gasteiger partial charge in [0, 0.05) is 23.1 Å². The van der Waals surface area contributed by atoms with Crippen molar-refractivity contribution in [3.8, 4) is 33.3 Å². The fourth-order valence-electron chi connectivity index (χ4n) is 2.33. The molecule has 1 heterocycles. The lowest BCUT2D eigenvalue weighted by Crippen LogP contribution is -2.01. The normalized spacial score (nSPS) is 11.4. The highest BCUT2D eigenvalue weighted by Gasteiger charge is 2.07. The predicted octanol–water partition coefficient (Wildman–Crippen LogP) is 4.68. The maximum absolute atomic E-state index is 13.3. The SMILES string of the molecule is COc1ccc(-c2csc(-c3ccc(OC/C(F)=C\CN)cc3)n2)cc1. The summed E-state index contributed by atoms with van der Waals surface area (Å²) in [7, 11) is 1.65. The predicted molar refractivity (Wildman–Crippen MR) is 103 cm³/mol. The molecule has 0 spiro atoms. The van der Waals surface area contributed by atoms with Crippen LogP contribution in [0.2, 0.25) is 0 Å². The van der Waals surface area contributed by atoms with Crippen molar-refractivity contribution in [1.82, 2.24) is 4.98 Å². The van der Waals surface area contributed by atoms with E-state index in [4.69, 9.17) is 15.2 Å². The molecule has 26 heavy (non-hydrogen) atoms. The van der Waals surface area contributed by atoms with E-state index in [0.717, 1.165) is 27.6 Å². The van der Waals surface area contributed by atoms with Crippen molar-refractivity contribution >= 4 is 11.3 Å². The Balaban J connectivity index is 1.69. The third-order valence-corrected chi connectivity index (χ3v) is 4.60. The standard InChI is InChI=1S/C20H19FN2O2S/c1-24-17-6-2-14(3-7-17)19-13-26-20(23-19)15-4-8-18(9-5-15)25-12-16(21)10-11-22/h2-10,13H,11-12,22H2,1H3/b16-10+. The number of aromatic nitrogens is 1. The van der Waals surface area contributed by atoms with Crippen LogP contribution in [0.3, 0.4) is 0 Å². The van der Waals surface area contributed by atoms with Crippen LogP contribution in [0, 0.1) is 0 Å². The summed E-state index contributed by atoms with van der Waals surface area (Å²) >= 11 is 1.57. The molecule has 6 heteroatoms. The van der Waals surface area contributed by atoms with Gasteiger partial charge in [0.2, 0.25) is 0 Å². The molecular weight excluding hydrogens is 351 g/mol. The van der Waals surface area contributed by atoms with Gasteiger partial charge in [0.05, 0.1) is 12.8 Å². The lowest BCUT2D eigenvalue weighted by molar-refractivity contribution is 0.318. The quantitative estimate of drug-likeness (QED) is 0.656. The molecule has 2 aromatic carbocycles. The van der Waals surface area contributed by atoms with Gasteiger partial charge in [-0.05, 0) is 54.6 Å². The number of hydrogen-bond acceptors (Lipinski definition) is 5. The van der Waals surface area contributed by atoms with Gasteiger partial charge in [0.1, 0.15) is 28.9 Å². The molecule has 1 aromatic heterocycles. The molecule has 3 rings (SSSR count). The zero-order valence-electron chi connectivity index (χ0n) is 14.3. The first-order valence-electron chi connectivity index (χ1n) is 8.07. The zero-order chi connectivity index (χ0) is 18.4.